The van der Waals surface area contributed by atoms with Crippen molar-refractivity contribution in [3.05, 3.63) is 87.5 Å². The van der Waals surface area contributed by atoms with E-state index in [1.54, 1.807) is 11.6 Å². The molecule has 2 aromatic carbocycles. The Balaban J connectivity index is 1.56. The third-order valence-corrected chi connectivity index (χ3v) is 5.18. The number of aryl methyl sites for hydroxylation is 1. The van der Waals surface area contributed by atoms with Gasteiger partial charge in [0.15, 0.2) is 0 Å². The number of aromatic amines is 1. The van der Waals surface area contributed by atoms with Gasteiger partial charge in [0, 0.05) is 22.0 Å². The van der Waals surface area contributed by atoms with E-state index in [1.165, 1.54) is 11.3 Å². The number of nitrogens with one attached hydrogen (secondary N) is 1. The second kappa shape index (κ2) is 8.13. The average Bonchev–Trinajstić information content (AvgIpc) is 3.37. The smallest absolute Gasteiger partial charge is 0.205 e. The molecule has 142 valence electrons. The van der Waals surface area contributed by atoms with Crippen LogP contribution in [-0.4, -0.2) is 15.8 Å². The third-order valence-electron chi connectivity index (χ3n) is 4.55. The molecule has 2 aromatic heterocycles. The van der Waals surface area contributed by atoms with Gasteiger partial charge >= 0.3 is 0 Å². The maximum atomic E-state index is 13.0. The Morgan fingerprint density at radius 3 is 2.76 bits per heavy atom. The Bertz CT molecular complexity index is 1230. The maximum absolute atomic E-state index is 13.0. The van der Waals surface area contributed by atoms with Crippen molar-refractivity contribution < 1.29 is 9.53 Å². The van der Waals surface area contributed by atoms with Crippen LogP contribution in [0.15, 0.2) is 65.0 Å². The maximum Gasteiger partial charge on any atom is 0.205 e. The molecule has 4 aromatic rings. The predicted octanol–water partition coefficient (Wildman–Crippen LogP) is 5.30. The highest BCUT2D eigenvalue weighted by molar-refractivity contribution is 7.07. The van der Waals surface area contributed by atoms with Gasteiger partial charge in [-0.3, -0.25) is 4.79 Å². The van der Waals surface area contributed by atoms with Crippen LogP contribution in [0, 0.1) is 18.3 Å². The highest BCUT2D eigenvalue weighted by Crippen LogP contribution is 2.25. The van der Waals surface area contributed by atoms with E-state index in [9.17, 15) is 10.1 Å². The number of aromatic nitrogens is 2. The number of fused-ring (bicyclic) bond motifs is 1. The minimum atomic E-state index is -0.286. The fraction of sp³-hybridized carbons (Fsp3) is 0.0870. The largest absolute Gasteiger partial charge is 0.487 e. The number of nitrogens with zero attached hydrogens (tertiary/aromatic N) is 2. The summed E-state index contributed by atoms with van der Waals surface area (Å²) in [4.78, 5) is 20.4. The highest BCUT2D eigenvalue weighted by atomic mass is 32.1. The number of Topliss-reactive ketones (excluding diaryl/α,β-unsaturated/α-hetero) is 1. The first-order valence-electron chi connectivity index (χ1n) is 8.99. The lowest BCUT2D eigenvalue weighted by Crippen LogP contribution is -2.03. The molecule has 0 aliphatic rings. The summed E-state index contributed by atoms with van der Waals surface area (Å²) in [7, 11) is 0. The van der Waals surface area contributed by atoms with Gasteiger partial charge in [-0.2, -0.15) is 5.26 Å². The summed E-state index contributed by atoms with van der Waals surface area (Å²) in [5, 5.41) is 12.3. The lowest BCUT2D eigenvalue weighted by atomic mass is 9.99. The van der Waals surface area contributed by atoms with E-state index in [-0.39, 0.29) is 11.4 Å². The second-order valence-electron chi connectivity index (χ2n) is 6.51. The molecule has 29 heavy (non-hydrogen) atoms. The van der Waals surface area contributed by atoms with Crippen LogP contribution in [0.3, 0.4) is 0 Å². The van der Waals surface area contributed by atoms with Crippen molar-refractivity contribution in [2.45, 2.75) is 13.5 Å². The van der Waals surface area contributed by atoms with Crippen molar-refractivity contribution in [2.24, 2.45) is 0 Å². The number of thiazole rings is 1. The van der Waals surface area contributed by atoms with Gasteiger partial charge in [-0.1, -0.05) is 30.3 Å². The number of hydrogen-bond donors (Lipinski definition) is 1. The Morgan fingerprint density at radius 1 is 1.24 bits per heavy atom. The zero-order chi connectivity index (χ0) is 20.2. The van der Waals surface area contributed by atoms with Crippen LogP contribution in [0.5, 0.6) is 5.75 Å². The topological polar surface area (TPSA) is 78.8 Å². The van der Waals surface area contributed by atoms with Crippen LogP contribution in [0.25, 0.3) is 17.0 Å². The lowest BCUT2D eigenvalue weighted by Gasteiger charge is -2.05. The number of para-hydroxylation sites is 1. The molecule has 0 atom stereocenters. The van der Waals surface area contributed by atoms with Crippen molar-refractivity contribution in [1.82, 2.24) is 9.97 Å². The molecular formula is C23H17N3O2S. The molecule has 0 unspecified atom stereocenters. The zero-order valence-corrected chi connectivity index (χ0v) is 16.5. The second-order valence-corrected chi connectivity index (χ2v) is 7.23. The first-order valence-corrected chi connectivity index (χ1v) is 9.93. The number of carbonyl (C=O) groups is 1. The number of carbonyl (C=O) groups excluding carboxylic acids is 1. The molecule has 0 fully saturated rings. The van der Waals surface area contributed by atoms with E-state index in [2.05, 4.69) is 9.97 Å². The Morgan fingerprint density at radius 2 is 2.03 bits per heavy atom. The number of benzene rings is 2. The summed E-state index contributed by atoms with van der Waals surface area (Å²) in [5.74, 6) is 0.416. The normalized spacial score (nSPS) is 11.4. The number of rotatable bonds is 6. The van der Waals surface area contributed by atoms with E-state index in [4.69, 9.17) is 4.74 Å². The molecule has 0 amide bonds. The molecule has 2 heterocycles. The molecule has 4 rings (SSSR count). The number of nitriles is 1. The van der Waals surface area contributed by atoms with Crippen molar-refractivity contribution >= 4 is 34.1 Å². The number of ketones is 1. The monoisotopic (exact) mass is 399 g/mol. The standard InChI is InChI=1S/C23H17N3O2S/c1-15-22(20-4-2-3-5-21(20)26-15)23(27)17(11-24)10-16-6-8-19(9-7-16)28-12-18-13-29-14-25-18/h2-10,13-14,26H,12H2,1H3/b17-10+. The van der Waals surface area contributed by atoms with Crippen LogP contribution in [0.1, 0.15) is 27.3 Å². The van der Waals surface area contributed by atoms with Gasteiger partial charge in [0.2, 0.25) is 5.78 Å². The van der Waals surface area contributed by atoms with Crippen LogP contribution in [0.4, 0.5) is 0 Å². The fourth-order valence-electron chi connectivity index (χ4n) is 3.15. The van der Waals surface area contributed by atoms with Crippen LogP contribution < -0.4 is 4.74 Å². The van der Waals surface area contributed by atoms with Gasteiger partial charge in [-0.05, 0) is 36.8 Å². The molecule has 0 radical (unpaired) electrons. The van der Waals surface area contributed by atoms with Crippen molar-refractivity contribution in [2.75, 3.05) is 0 Å². The van der Waals surface area contributed by atoms with E-state index in [0.29, 0.717) is 17.9 Å². The SMILES string of the molecule is Cc1[nH]c2ccccc2c1C(=O)/C(C#N)=C/c1ccc(OCc2cscn2)cc1. The van der Waals surface area contributed by atoms with Gasteiger partial charge in [0.25, 0.3) is 0 Å². The molecule has 0 saturated heterocycles. The Labute approximate surface area is 171 Å². The molecule has 0 aliphatic heterocycles. The molecule has 0 spiro atoms. The van der Waals surface area contributed by atoms with Crippen molar-refractivity contribution in [3.63, 3.8) is 0 Å². The van der Waals surface area contributed by atoms with Crippen molar-refractivity contribution in [1.29, 1.82) is 5.26 Å². The van der Waals surface area contributed by atoms with E-state index >= 15 is 0 Å². The van der Waals surface area contributed by atoms with E-state index in [0.717, 1.165) is 27.9 Å². The van der Waals surface area contributed by atoms with Crippen LogP contribution >= 0.6 is 11.3 Å². The predicted molar refractivity (Wildman–Crippen MR) is 114 cm³/mol. The zero-order valence-electron chi connectivity index (χ0n) is 15.7. The molecule has 1 N–H and O–H groups in total. The van der Waals surface area contributed by atoms with E-state index < -0.39 is 0 Å². The van der Waals surface area contributed by atoms with Gasteiger partial charge in [-0.25, -0.2) is 4.98 Å². The quantitative estimate of drug-likeness (QED) is 0.271. The third kappa shape index (κ3) is 3.96. The molecule has 0 aliphatic carbocycles. The van der Waals surface area contributed by atoms with Gasteiger partial charge < -0.3 is 9.72 Å². The summed E-state index contributed by atoms with van der Waals surface area (Å²) in [6.45, 7) is 2.25. The van der Waals surface area contributed by atoms with Crippen LogP contribution in [-0.2, 0) is 6.61 Å². The van der Waals surface area contributed by atoms with Gasteiger partial charge in [0.1, 0.15) is 24.0 Å². The van der Waals surface area contributed by atoms with Crippen molar-refractivity contribution in [3.8, 4) is 11.8 Å². The fourth-order valence-corrected chi connectivity index (χ4v) is 3.69. The summed E-state index contributed by atoms with van der Waals surface area (Å²) in [6, 6.07) is 16.9. The van der Waals surface area contributed by atoms with E-state index in [1.807, 2.05) is 66.9 Å². The molecule has 5 nitrogen and oxygen atoms in total. The summed E-state index contributed by atoms with van der Waals surface area (Å²) in [5.41, 5.74) is 5.67. The average molecular weight is 399 g/mol. The molecule has 0 saturated carbocycles. The summed E-state index contributed by atoms with van der Waals surface area (Å²) >= 11 is 1.53. The number of ether oxygens (including phenoxy) is 1. The number of H-pyrrole nitrogens is 1. The molecular weight excluding hydrogens is 382 g/mol. The highest BCUT2D eigenvalue weighted by Gasteiger charge is 2.19. The number of hydrogen-bond acceptors (Lipinski definition) is 5. The van der Waals surface area contributed by atoms with Crippen LogP contribution in [0.2, 0.25) is 0 Å². The minimum absolute atomic E-state index is 0.0917. The first kappa shape index (κ1) is 18.7. The first-order chi connectivity index (χ1) is 14.2. The Kier molecular flexibility index (Phi) is 5.23. The summed E-state index contributed by atoms with van der Waals surface area (Å²) in [6.07, 6.45) is 1.60. The molecule has 0 bridgehead atoms. The lowest BCUT2D eigenvalue weighted by molar-refractivity contribution is 0.104. The molecule has 6 heteroatoms. The minimum Gasteiger partial charge on any atom is -0.487 e. The number of allylic oxidation sites excluding steroid dienone is 1. The van der Waals surface area contributed by atoms with Gasteiger partial charge in [0.05, 0.1) is 16.8 Å². The van der Waals surface area contributed by atoms with Gasteiger partial charge in [-0.15, -0.1) is 11.3 Å². The Hall–Kier alpha value is -3.69. The summed E-state index contributed by atoms with van der Waals surface area (Å²) < 4.78 is 5.69.